The first-order chi connectivity index (χ1) is 47.9. The highest BCUT2D eigenvalue weighted by Crippen LogP contribution is 2.66. The zero-order valence-electron chi connectivity index (χ0n) is 53.6. The molecule has 0 saturated carbocycles. The minimum Gasteiger partial charge on any atom is -0.489 e. The smallest absolute Gasteiger partial charge is 0.305 e. The molecule has 13 nitrogen and oxygen atoms in total. The molecule has 6 atom stereocenters. The Bertz CT molecular complexity index is 4360. The van der Waals surface area contributed by atoms with Gasteiger partial charge in [0.1, 0.15) is 96.6 Å². The molecule has 11 aromatic carbocycles. The van der Waals surface area contributed by atoms with E-state index < -0.39 is 36.1 Å². The minimum absolute atomic E-state index is 0.112. The van der Waals surface area contributed by atoms with Crippen molar-refractivity contribution in [3.8, 4) is 51.7 Å². The Morgan fingerprint density at radius 3 is 1.36 bits per heavy atom. The molecule has 490 valence electrons. The van der Waals surface area contributed by atoms with E-state index in [4.69, 9.17) is 56.8 Å². The lowest BCUT2D eigenvalue weighted by Gasteiger charge is -2.52. The van der Waals surface area contributed by atoms with Gasteiger partial charge in [-0.2, -0.15) is 0 Å². The predicted molar refractivity (Wildman–Crippen MR) is 372 cm³/mol. The maximum atomic E-state index is 13.2. The Balaban J connectivity index is 1.01. The Morgan fingerprint density at radius 1 is 0.402 bits per heavy atom. The first-order valence-corrected chi connectivity index (χ1v) is 33.5. The number of fused-ring (bicyclic) bond motifs is 8. The van der Waals surface area contributed by atoms with Gasteiger partial charge < -0.3 is 61.9 Å². The summed E-state index contributed by atoms with van der Waals surface area (Å²) in [4.78, 5) is 0. The molecule has 14 rings (SSSR count). The lowest BCUT2D eigenvalue weighted by Crippen LogP contribution is -2.59. The van der Waals surface area contributed by atoms with Crippen molar-refractivity contribution in [2.45, 2.75) is 89.3 Å². The van der Waals surface area contributed by atoms with Gasteiger partial charge in [-0.3, -0.25) is 0 Å². The number of hydrogen-bond donors (Lipinski definition) is 1. The van der Waals surface area contributed by atoms with Crippen molar-refractivity contribution >= 4 is 15.9 Å². The van der Waals surface area contributed by atoms with Gasteiger partial charge in [-0.25, -0.2) is 0 Å². The van der Waals surface area contributed by atoms with Crippen LogP contribution in [0.2, 0.25) is 0 Å². The molecular formula is C83H73BrO13. The van der Waals surface area contributed by atoms with Gasteiger partial charge in [0.25, 0.3) is 0 Å². The minimum atomic E-state index is -1.89. The highest BCUT2D eigenvalue weighted by Gasteiger charge is 2.63. The molecule has 1 N–H and O–H groups in total. The summed E-state index contributed by atoms with van der Waals surface area (Å²) in [7, 11) is 0. The van der Waals surface area contributed by atoms with Crippen LogP contribution in [0.4, 0.5) is 0 Å². The van der Waals surface area contributed by atoms with Gasteiger partial charge in [-0.15, -0.1) is 0 Å². The van der Waals surface area contributed by atoms with E-state index in [0.29, 0.717) is 97.2 Å². The Morgan fingerprint density at radius 2 is 0.856 bits per heavy atom. The number of halogens is 1. The summed E-state index contributed by atoms with van der Waals surface area (Å²) in [6.07, 6.45) is -4.47. The average Bonchev–Trinajstić information content (AvgIpc) is 0.685. The molecule has 0 fully saturated rings. The molecule has 3 heterocycles. The van der Waals surface area contributed by atoms with Gasteiger partial charge >= 0.3 is 5.79 Å². The van der Waals surface area contributed by atoms with E-state index in [2.05, 4.69) is 15.9 Å². The molecular weight excluding hydrogens is 1280 g/mol. The number of aliphatic hydroxyl groups excluding tert-OH is 1. The molecule has 3 aliphatic rings. The highest BCUT2D eigenvalue weighted by molar-refractivity contribution is 9.10. The lowest BCUT2D eigenvalue weighted by molar-refractivity contribution is -0.238. The van der Waals surface area contributed by atoms with Gasteiger partial charge in [0.2, 0.25) is 0 Å². The fraction of sp³-hybridized carbons (Fsp3) is 0.205. The standard InChI is InChI=1S/C83H73BrO13/c1-2-86-44-45-87-81-74-69(92-53-60-32-18-7-19-33-60)47-70-73(79(74)95-78(77(81)85)63-38-41-65(42-39-63)88-49-56-24-10-3-11-25-56)75-72-68(91-52-59-30-16-6-17-31-59)48-71(93-54-61-34-20-8-21-35-61)76(84)80(72)97-83(96-70,82(75)94-55-62-36-22-9-23-37-62)64-40-43-66(89-50-57-26-12-4-13-27-57)67(46-64)90-51-58-28-14-5-15-29-58/h3-43,46-48,75,77-78,81-82,85H,2,44-45,49-55H2,1H3/t75-,77+,78-,81+,82-,83-/m1/s1. The average molecular weight is 1360 g/mol. The van der Waals surface area contributed by atoms with Crippen molar-refractivity contribution < 1.29 is 61.9 Å². The maximum Gasteiger partial charge on any atom is 0.305 e. The fourth-order valence-electron chi connectivity index (χ4n) is 12.6. The summed E-state index contributed by atoms with van der Waals surface area (Å²) in [6, 6.07) is 87.1. The number of ether oxygens (including phenoxy) is 12. The molecule has 0 radical (unpaired) electrons. The Labute approximate surface area is 573 Å². The second-order valence-corrected chi connectivity index (χ2v) is 24.7. The van der Waals surface area contributed by atoms with Crippen molar-refractivity contribution in [3.05, 3.63) is 338 Å². The third kappa shape index (κ3) is 14.6. The molecule has 2 bridgehead atoms. The van der Waals surface area contributed by atoms with Crippen LogP contribution in [-0.2, 0) is 66.2 Å². The van der Waals surface area contributed by atoms with Gasteiger partial charge in [0.15, 0.2) is 23.7 Å². The van der Waals surface area contributed by atoms with E-state index in [1.165, 1.54) is 0 Å². The van der Waals surface area contributed by atoms with Crippen LogP contribution in [0.15, 0.2) is 271 Å². The molecule has 0 amide bonds. The summed E-state index contributed by atoms with van der Waals surface area (Å²) in [5, 5.41) is 13.2. The molecule has 0 saturated heterocycles. The first-order valence-electron chi connectivity index (χ1n) is 32.8. The molecule has 97 heavy (non-hydrogen) atoms. The SMILES string of the molecule is CCOCCO[C@H]1c2c(OCc3ccccc3)cc3c(c2O[C@H](c2ccc(OCc4ccccc4)cc2)[C@@H]1O)[C@H]1c2c(OCc4ccccc4)cc(OCc4ccccc4)c(Br)c2O[C@@](c2ccc(OCc4ccccc4)c(OCc4ccccc4)c2)(O3)[C@@H]1OCc1ccccc1. The van der Waals surface area contributed by atoms with E-state index in [1.807, 2.05) is 274 Å². The quantitative estimate of drug-likeness (QED) is 0.0467. The Kier molecular flexibility index (Phi) is 20.1. The number of hydrogen-bond acceptors (Lipinski definition) is 13. The van der Waals surface area contributed by atoms with Crippen LogP contribution in [0.5, 0.6) is 51.7 Å². The van der Waals surface area contributed by atoms with Crippen LogP contribution in [-0.4, -0.2) is 37.1 Å². The van der Waals surface area contributed by atoms with Crippen LogP contribution in [0, 0.1) is 0 Å². The summed E-state index contributed by atoms with van der Waals surface area (Å²) >= 11 is 4.12. The van der Waals surface area contributed by atoms with Gasteiger partial charge in [0.05, 0.1) is 31.3 Å². The van der Waals surface area contributed by atoms with Crippen LogP contribution in [0.1, 0.15) is 91.8 Å². The topological polar surface area (TPSA) is 131 Å². The first kappa shape index (κ1) is 64.3. The fourth-order valence-corrected chi connectivity index (χ4v) is 13.1. The second kappa shape index (κ2) is 30.3. The van der Waals surface area contributed by atoms with Gasteiger partial charge in [-0.05, 0) is 97.7 Å². The van der Waals surface area contributed by atoms with Gasteiger partial charge in [-0.1, -0.05) is 224 Å². The third-order valence-electron chi connectivity index (χ3n) is 17.4. The molecule has 0 aliphatic carbocycles. The van der Waals surface area contributed by atoms with E-state index in [-0.39, 0.29) is 52.9 Å². The summed E-state index contributed by atoms with van der Waals surface area (Å²) < 4.78 is 85.5. The van der Waals surface area contributed by atoms with Crippen LogP contribution >= 0.6 is 15.9 Å². The second-order valence-electron chi connectivity index (χ2n) is 23.9. The van der Waals surface area contributed by atoms with Crippen LogP contribution in [0.25, 0.3) is 0 Å². The van der Waals surface area contributed by atoms with E-state index >= 15 is 0 Å². The normalized spacial score (nSPS) is 17.9. The number of aliphatic hydroxyl groups is 1. The molecule has 0 spiro atoms. The zero-order chi connectivity index (χ0) is 65.8. The molecule has 11 aromatic rings. The summed E-state index contributed by atoms with van der Waals surface area (Å²) in [5.74, 6) is 1.09. The van der Waals surface area contributed by atoms with E-state index in [9.17, 15) is 5.11 Å². The van der Waals surface area contributed by atoms with Crippen molar-refractivity contribution in [1.29, 1.82) is 0 Å². The van der Waals surface area contributed by atoms with Crippen molar-refractivity contribution in [1.82, 2.24) is 0 Å². The largest absolute Gasteiger partial charge is 0.489 e. The van der Waals surface area contributed by atoms with Crippen molar-refractivity contribution in [3.63, 3.8) is 0 Å². The molecule has 3 aliphatic heterocycles. The third-order valence-corrected chi connectivity index (χ3v) is 18.2. The monoisotopic (exact) mass is 1360 g/mol. The summed E-state index contributed by atoms with van der Waals surface area (Å²) in [5.41, 5.74) is 9.48. The van der Waals surface area contributed by atoms with Gasteiger partial charge in [0, 0.05) is 35.4 Å². The Hall–Kier alpha value is -10.1. The molecule has 14 heteroatoms. The van der Waals surface area contributed by atoms with E-state index in [1.54, 1.807) is 0 Å². The number of benzene rings is 11. The summed E-state index contributed by atoms with van der Waals surface area (Å²) in [6.45, 7) is 4.29. The highest BCUT2D eigenvalue weighted by atomic mass is 79.9. The van der Waals surface area contributed by atoms with Crippen LogP contribution < -0.4 is 42.6 Å². The van der Waals surface area contributed by atoms with Crippen molar-refractivity contribution in [2.75, 3.05) is 19.8 Å². The molecule has 0 unspecified atom stereocenters. The number of rotatable bonds is 28. The maximum absolute atomic E-state index is 13.2. The zero-order valence-corrected chi connectivity index (χ0v) is 55.2. The predicted octanol–water partition coefficient (Wildman–Crippen LogP) is 17.9. The lowest BCUT2D eigenvalue weighted by atomic mass is 9.73. The molecule has 0 aromatic heterocycles. The van der Waals surface area contributed by atoms with E-state index in [0.717, 1.165) is 38.9 Å². The van der Waals surface area contributed by atoms with Crippen molar-refractivity contribution in [2.24, 2.45) is 0 Å². The van der Waals surface area contributed by atoms with Crippen LogP contribution in [0.3, 0.4) is 0 Å².